The quantitative estimate of drug-likeness (QED) is 0.719. The first-order valence-corrected chi connectivity index (χ1v) is 6.54. The standard InChI is InChI=1S/C14H19N3O2/c1-15-14(19)10-3-2-4-12(9-10)17-13(18)7-8-16-11-5-6-11/h2-4,9,11,16H,5-8H2,1H3,(H,15,19)(H,17,18). The Morgan fingerprint density at radius 1 is 1.32 bits per heavy atom. The minimum atomic E-state index is -0.161. The summed E-state index contributed by atoms with van der Waals surface area (Å²) in [5.74, 6) is -0.200. The third-order valence-electron chi connectivity index (χ3n) is 3.00. The van der Waals surface area contributed by atoms with E-state index in [1.54, 1.807) is 31.3 Å². The Kier molecular flexibility index (Phi) is 4.52. The molecule has 19 heavy (non-hydrogen) atoms. The summed E-state index contributed by atoms with van der Waals surface area (Å²) in [6.45, 7) is 0.700. The monoisotopic (exact) mass is 261 g/mol. The fraction of sp³-hybridized carbons (Fsp3) is 0.429. The van der Waals surface area contributed by atoms with Gasteiger partial charge in [-0.2, -0.15) is 0 Å². The minimum Gasteiger partial charge on any atom is -0.355 e. The van der Waals surface area contributed by atoms with Crippen LogP contribution in [0.3, 0.4) is 0 Å². The second-order valence-corrected chi connectivity index (χ2v) is 4.69. The maximum Gasteiger partial charge on any atom is 0.251 e. The molecule has 1 saturated carbocycles. The van der Waals surface area contributed by atoms with E-state index in [1.165, 1.54) is 12.8 Å². The van der Waals surface area contributed by atoms with E-state index in [4.69, 9.17) is 0 Å². The summed E-state index contributed by atoms with van der Waals surface area (Å²) in [4.78, 5) is 23.2. The normalized spacial score (nSPS) is 13.9. The lowest BCUT2D eigenvalue weighted by molar-refractivity contribution is -0.116. The molecule has 0 atom stereocenters. The van der Waals surface area contributed by atoms with E-state index in [9.17, 15) is 9.59 Å². The highest BCUT2D eigenvalue weighted by Crippen LogP contribution is 2.18. The summed E-state index contributed by atoms with van der Waals surface area (Å²) in [5, 5.41) is 8.64. The van der Waals surface area contributed by atoms with Crippen molar-refractivity contribution in [3.8, 4) is 0 Å². The fourth-order valence-corrected chi connectivity index (χ4v) is 1.78. The van der Waals surface area contributed by atoms with E-state index in [2.05, 4.69) is 16.0 Å². The van der Waals surface area contributed by atoms with Gasteiger partial charge < -0.3 is 16.0 Å². The number of hydrogen-bond acceptors (Lipinski definition) is 3. The van der Waals surface area contributed by atoms with E-state index < -0.39 is 0 Å². The SMILES string of the molecule is CNC(=O)c1cccc(NC(=O)CCNC2CC2)c1. The van der Waals surface area contributed by atoms with Crippen LogP contribution in [0.1, 0.15) is 29.6 Å². The van der Waals surface area contributed by atoms with E-state index in [-0.39, 0.29) is 11.8 Å². The third-order valence-corrected chi connectivity index (χ3v) is 3.00. The van der Waals surface area contributed by atoms with Gasteiger partial charge in [0.2, 0.25) is 5.91 Å². The van der Waals surface area contributed by atoms with Crippen LogP contribution >= 0.6 is 0 Å². The number of carbonyl (C=O) groups is 2. The Morgan fingerprint density at radius 2 is 2.11 bits per heavy atom. The first-order valence-electron chi connectivity index (χ1n) is 6.54. The van der Waals surface area contributed by atoms with Gasteiger partial charge in [0, 0.05) is 37.3 Å². The predicted octanol–water partition coefficient (Wildman–Crippen LogP) is 1.13. The number of hydrogen-bond donors (Lipinski definition) is 3. The molecule has 1 aliphatic rings. The molecule has 1 fully saturated rings. The number of amides is 2. The third kappa shape index (κ3) is 4.37. The van der Waals surface area contributed by atoms with Crippen LogP contribution in [0.5, 0.6) is 0 Å². The summed E-state index contributed by atoms with van der Waals surface area (Å²) in [6.07, 6.45) is 2.88. The lowest BCUT2D eigenvalue weighted by Crippen LogP contribution is -2.23. The zero-order valence-electron chi connectivity index (χ0n) is 11.0. The molecule has 0 radical (unpaired) electrons. The van der Waals surface area contributed by atoms with E-state index in [1.807, 2.05) is 0 Å². The van der Waals surface area contributed by atoms with Crippen molar-refractivity contribution in [2.45, 2.75) is 25.3 Å². The van der Waals surface area contributed by atoms with Crippen LogP contribution in [-0.4, -0.2) is 31.4 Å². The molecular formula is C14H19N3O2. The van der Waals surface area contributed by atoms with Crippen LogP contribution in [0.25, 0.3) is 0 Å². The second kappa shape index (κ2) is 6.33. The number of anilines is 1. The first-order chi connectivity index (χ1) is 9.19. The van der Waals surface area contributed by atoms with Gasteiger partial charge >= 0.3 is 0 Å². The molecule has 5 nitrogen and oxygen atoms in total. The average Bonchev–Trinajstić information content (AvgIpc) is 3.22. The van der Waals surface area contributed by atoms with Crippen molar-refractivity contribution in [1.82, 2.24) is 10.6 Å². The van der Waals surface area contributed by atoms with E-state index in [0.717, 1.165) is 0 Å². The summed E-state index contributed by atoms with van der Waals surface area (Å²) >= 11 is 0. The van der Waals surface area contributed by atoms with Crippen molar-refractivity contribution in [3.63, 3.8) is 0 Å². The smallest absolute Gasteiger partial charge is 0.251 e. The van der Waals surface area contributed by atoms with Gasteiger partial charge in [-0.25, -0.2) is 0 Å². The van der Waals surface area contributed by atoms with Gasteiger partial charge in [0.25, 0.3) is 5.91 Å². The summed E-state index contributed by atoms with van der Waals surface area (Å²) < 4.78 is 0. The van der Waals surface area contributed by atoms with Gasteiger partial charge in [-0.15, -0.1) is 0 Å². The maximum atomic E-state index is 11.7. The molecule has 0 aliphatic heterocycles. The Balaban J connectivity index is 1.83. The van der Waals surface area contributed by atoms with Crippen LogP contribution in [0.2, 0.25) is 0 Å². The minimum absolute atomic E-state index is 0.0396. The number of nitrogens with one attached hydrogen (secondary N) is 3. The molecule has 2 amide bonds. The van der Waals surface area contributed by atoms with Crippen LogP contribution in [0.15, 0.2) is 24.3 Å². The molecule has 0 saturated heterocycles. The predicted molar refractivity (Wildman–Crippen MR) is 74.1 cm³/mol. The Bertz CT molecular complexity index is 470. The van der Waals surface area contributed by atoms with Crippen molar-refractivity contribution in [3.05, 3.63) is 29.8 Å². The number of rotatable bonds is 6. The summed E-state index contributed by atoms with van der Waals surface area (Å²) in [5.41, 5.74) is 1.19. The summed E-state index contributed by atoms with van der Waals surface area (Å²) in [6, 6.07) is 7.53. The van der Waals surface area contributed by atoms with Crippen LogP contribution in [0, 0.1) is 0 Å². The summed E-state index contributed by atoms with van der Waals surface area (Å²) in [7, 11) is 1.58. The van der Waals surface area contributed by atoms with Gasteiger partial charge in [-0.1, -0.05) is 6.07 Å². The molecule has 0 bridgehead atoms. The van der Waals surface area contributed by atoms with E-state index in [0.29, 0.717) is 30.3 Å². The van der Waals surface area contributed by atoms with E-state index >= 15 is 0 Å². The molecule has 1 aromatic carbocycles. The van der Waals surface area contributed by atoms with Crippen molar-refractivity contribution >= 4 is 17.5 Å². The Hall–Kier alpha value is -1.88. The van der Waals surface area contributed by atoms with Gasteiger partial charge in [0.15, 0.2) is 0 Å². The van der Waals surface area contributed by atoms with Crippen LogP contribution in [-0.2, 0) is 4.79 Å². The average molecular weight is 261 g/mol. The second-order valence-electron chi connectivity index (χ2n) is 4.69. The highest BCUT2D eigenvalue weighted by molar-refractivity contribution is 5.97. The molecule has 0 spiro atoms. The van der Waals surface area contributed by atoms with Crippen molar-refractivity contribution in [1.29, 1.82) is 0 Å². The van der Waals surface area contributed by atoms with Crippen molar-refractivity contribution in [2.24, 2.45) is 0 Å². The zero-order valence-corrected chi connectivity index (χ0v) is 11.0. The molecule has 3 N–H and O–H groups in total. The zero-order chi connectivity index (χ0) is 13.7. The largest absolute Gasteiger partial charge is 0.355 e. The van der Waals surface area contributed by atoms with Gasteiger partial charge in [-0.3, -0.25) is 9.59 Å². The molecule has 1 aromatic rings. The molecule has 2 rings (SSSR count). The highest BCUT2D eigenvalue weighted by Gasteiger charge is 2.20. The topological polar surface area (TPSA) is 70.2 Å². The molecule has 1 aliphatic carbocycles. The lowest BCUT2D eigenvalue weighted by Gasteiger charge is -2.07. The molecule has 0 unspecified atom stereocenters. The molecule has 0 heterocycles. The molecule has 5 heteroatoms. The first kappa shape index (κ1) is 13.5. The number of carbonyl (C=O) groups excluding carboxylic acids is 2. The maximum absolute atomic E-state index is 11.7. The van der Waals surface area contributed by atoms with Gasteiger partial charge in [-0.05, 0) is 31.0 Å². The molecular weight excluding hydrogens is 242 g/mol. The van der Waals surface area contributed by atoms with Gasteiger partial charge in [0.1, 0.15) is 0 Å². The van der Waals surface area contributed by atoms with Gasteiger partial charge in [0.05, 0.1) is 0 Å². The van der Waals surface area contributed by atoms with Crippen LogP contribution in [0.4, 0.5) is 5.69 Å². The highest BCUT2D eigenvalue weighted by atomic mass is 16.2. The Labute approximate surface area is 112 Å². The molecule has 102 valence electrons. The fourth-order valence-electron chi connectivity index (χ4n) is 1.78. The Morgan fingerprint density at radius 3 is 2.79 bits per heavy atom. The van der Waals surface area contributed by atoms with Crippen molar-refractivity contribution < 1.29 is 9.59 Å². The van der Waals surface area contributed by atoms with Crippen LogP contribution < -0.4 is 16.0 Å². The lowest BCUT2D eigenvalue weighted by atomic mass is 10.2. The van der Waals surface area contributed by atoms with Crippen molar-refractivity contribution in [2.75, 3.05) is 18.9 Å². The number of benzene rings is 1. The molecule has 0 aromatic heterocycles.